The average Bonchev–Trinajstić information content (AvgIpc) is 3.55. The first-order valence-electron chi connectivity index (χ1n) is 15.2. The number of aliphatic hydroxyl groups excluding tert-OH is 1. The molecule has 3 unspecified atom stereocenters. The van der Waals surface area contributed by atoms with E-state index in [0.29, 0.717) is 31.8 Å². The SMILES string of the molecule is C=CCN(C(=O)[C@@H]1[C@H]2C(=O)N([C@H](C)CO)C(C(=O)N(CC=C)C(C)CCC)C23CC[C@@]1(C)S3)c1ccc(OCC)cc1. The number of thioether (sulfide) groups is 1. The van der Waals surface area contributed by atoms with Gasteiger partial charge in [0.2, 0.25) is 17.7 Å². The molecule has 2 bridgehead atoms. The van der Waals surface area contributed by atoms with Gasteiger partial charge in [0.25, 0.3) is 0 Å². The molecule has 3 aliphatic rings. The molecule has 1 aromatic rings. The molecule has 230 valence electrons. The summed E-state index contributed by atoms with van der Waals surface area (Å²) >= 11 is 1.65. The summed E-state index contributed by atoms with van der Waals surface area (Å²) in [4.78, 5) is 48.7. The number of likely N-dealkylation sites (tertiary alicyclic amines) is 1. The Morgan fingerprint density at radius 3 is 2.38 bits per heavy atom. The van der Waals surface area contributed by atoms with Crippen LogP contribution in [0.25, 0.3) is 0 Å². The fourth-order valence-corrected chi connectivity index (χ4v) is 9.78. The van der Waals surface area contributed by atoms with E-state index in [1.54, 1.807) is 40.6 Å². The lowest BCUT2D eigenvalue weighted by Crippen LogP contribution is -2.58. The van der Waals surface area contributed by atoms with E-state index < -0.39 is 33.4 Å². The fourth-order valence-electron chi connectivity index (χ4n) is 7.45. The van der Waals surface area contributed by atoms with Crippen molar-refractivity contribution in [2.75, 3.05) is 31.2 Å². The molecule has 3 fully saturated rings. The van der Waals surface area contributed by atoms with Crippen molar-refractivity contribution < 1.29 is 24.2 Å². The molecule has 1 aromatic carbocycles. The van der Waals surface area contributed by atoms with E-state index in [9.17, 15) is 19.5 Å². The predicted molar refractivity (Wildman–Crippen MR) is 169 cm³/mol. The Kier molecular flexibility index (Phi) is 9.82. The van der Waals surface area contributed by atoms with Crippen molar-refractivity contribution in [3.05, 3.63) is 49.6 Å². The molecule has 7 atom stereocenters. The molecule has 4 rings (SSSR count). The van der Waals surface area contributed by atoms with E-state index in [0.717, 1.165) is 25.0 Å². The van der Waals surface area contributed by atoms with E-state index in [1.807, 2.05) is 43.0 Å². The molecule has 8 nitrogen and oxygen atoms in total. The van der Waals surface area contributed by atoms with Crippen molar-refractivity contribution >= 4 is 35.2 Å². The van der Waals surface area contributed by atoms with Crippen LogP contribution in [0.3, 0.4) is 0 Å². The minimum absolute atomic E-state index is 0.0308. The van der Waals surface area contributed by atoms with Crippen molar-refractivity contribution in [3.63, 3.8) is 0 Å². The highest BCUT2D eigenvalue weighted by Crippen LogP contribution is 2.72. The largest absolute Gasteiger partial charge is 0.494 e. The van der Waals surface area contributed by atoms with E-state index in [4.69, 9.17) is 4.74 Å². The Balaban J connectivity index is 1.78. The summed E-state index contributed by atoms with van der Waals surface area (Å²) in [6, 6.07) is 6.04. The zero-order valence-corrected chi connectivity index (χ0v) is 26.6. The summed E-state index contributed by atoms with van der Waals surface area (Å²) in [5.41, 5.74) is 0.706. The maximum absolute atomic E-state index is 14.6. The maximum atomic E-state index is 14.6. The minimum Gasteiger partial charge on any atom is -0.494 e. The molecule has 3 saturated heterocycles. The normalized spacial score (nSPS) is 29.1. The second-order valence-corrected chi connectivity index (χ2v) is 14.0. The van der Waals surface area contributed by atoms with E-state index in [-0.39, 0.29) is 30.4 Å². The summed E-state index contributed by atoms with van der Waals surface area (Å²) in [5, 5.41) is 10.2. The monoisotopic (exact) mass is 597 g/mol. The van der Waals surface area contributed by atoms with E-state index in [1.165, 1.54) is 0 Å². The molecule has 0 aromatic heterocycles. The molecule has 9 heteroatoms. The second kappa shape index (κ2) is 12.8. The first kappa shape index (κ1) is 32.1. The van der Waals surface area contributed by atoms with Gasteiger partial charge in [-0.2, -0.15) is 0 Å². The molecule has 0 radical (unpaired) electrons. The Morgan fingerprint density at radius 2 is 1.81 bits per heavy atom. The van der Waals surface area contributed by atoms with Gasteiger partial charge in [-0.05, 0) is 71.2 Å². The van der Waals surface area contributed by atoms with Gasteiger partial charge < -0.3 is 24.5 Å². The molecular formula is C33H47N3O5S. The highest BCUT2D eigenvalue weighted by Gasteiger charge is 2.78. The zero-order valence-electron chi connectivity index (χ0n) is 25.8. The van der Waals surface area contributed by atoms with Crippen molar-refractivity contribution in [1.29, 1.82) is 0 Å². The first-order valence-corrected chi connectivity index (χ1v) is 16.1. The quantitative estimate of drug-likeness (QED) is 0.314. The van der Waals surface area contributed by atoms with Crippen molar-refractivity contribution in [2.24, 2.45) is 11.8 Å². The summed E-state index contributed by atoms with van der Waals surface area (Å²) in [6.45, 7) is 18.6. The van der Waals surface area contributed by atoms with E-state index in [2.05, 4.69) is 27.0 Å². The Morgan fingerprint density at radius 1 is 1.14 bits per heavy atom. The van der Waals surface area contributed by atoms with Crippen LogP contribution in [0.5, 0.6) is 5.75 Å². The van der Waals surface area contributed by atoms with Crippen LogP contribution in [0.4, 0.5) is 5.69 Å². The molecule has 42 heavy (non-hydrogen) atoms. The van der Waals surface area contributed by atoms with Crippen LogP contribution < -0.4 is 9.64 Å². The number of carbonyl (C=O) groups excluding carboxylic acids is 3. The van der Waals surface area contributed by atoms with Gasteiger partial charge in [0.1, 0.15) is 11.8 Å². The number of hydrogen-bond acceptors (Lipinski definition) is 6. The van der Waals surface area contributed by atoms with Gasteiger partial charge in [0.15, 0.2) is 0 Å². The van der Waals surface area contributed by atoms with Crippen LogP contribution >= 0.6 is 11.8 Å². The Labute approximate surface area is 255 Å². The van der Waals surface area contributed by atoms with Gasteiger partial charge in [-0.3, -0.25) is 14.4 Å². The van der Waals surface area contributed by atoms with Gasteiger partial charge in [0.05, 0.1) is 35.8 Å². The molecule has 1 N–H and O–H groups in total. The Bertz CT molecular complexity index is 1190. The lowest BCUT2D eigenvalue weighted by atomic mass is 9.66. The maximum Gasteiger partial charge on any atom is 0.247 e. The van der Waals surface area contributed by atoms with Gasteiger partial charge in [-0.15, -0.1) is 24.9 Å². The topological polar surface area (TPSA) is 90.4 Å². The van der Waals surface area contributed by atoms with Crippen molar-refractivity contribution in [2.45, 2.75) is 87.9 Å². The van der Waals surface area contributed by atoms with E-state index >= 15 is 0 Å². The third-order valence-electron chi connectivity index (χ3n) is 9.34. The van der Waals surface area contributed by atoms with Gasteiger partial charge in [0, 0.05) is 29.6 Å². The number of fused-ring (bicyclic) bond motifs is 1. The number of amides is 3. The summed E-state index contributed by atoms with van der Waals surface area (Å²) in [6.07, 6.45) is 6.56. The van der Waals surface area contributed by atoms with Crippen LogP contribution in [-0.2, 0) is 14.4 Å². The number of benzene rings is 1. The van der Waals surface area contributed by atoms with Crippen molar-refractivity contribution in [3.8, 4) is 5.75 Å². The summed E-state index contributed by atoms with van der Waals surface area (Å²) < 4.78 is 4.34. The molecule has 3 amide bonds. The highest BCUT2D eigenvalue weighted by molar-refractivity contribution is 8.02. The van der Waals surface area contributed by atoms with Gasteiger partial charge in [-0.25, -0.2) is 0 Å². The first-order chi connectivity index (χ1) is 20.0. The molecule has 3 aliphatic heterocycles. The van der Waals surface area contributed by atoms with Crippen LogP contribution in [0.2, 0.25) is 0 Å². The third-order valence-corrected chi connectivity index (χ3v) is 11.3. The molecule has 0 saturated carbocycles. The smallest absolute Gasteiger partial charge is 0.247 e. The molecule has 0 aliphatic carbocycles. The number of ether oxygens (including phenoxy) is 1. The minimum atomic E-state index is -0.764. The van der Waals surface area contributed by atoms with Crippen LogP contribution in [-0.4, -0.2) is 86.6 Å². The number of carbonyl (C=O) groups is 3. The number of nitrogens with zero attached hydrogens (tertiary/aromatic N) is 3. The van der Waals surface area contributed by atoms with Gasteiger partial charge in [-0.1, -0.05) is 25.5 Å². The highest BCUT2D eigenvalue weighted by atomic mass is 32.2. The lowest BCUT2D eigenvalue weighted by molar-refractivity contribution is -0.146. The van der Waals surface area contributed by atoms with Crippen LogP contribution in [0, 0.1) is 11.8 Å². The number of rotatable bonds is 14. The second-order valence-electron chi connectivity index (χ2n) is 12.1. The third kappa shape index (κ3) is 5.27. The van der Waals surface area contributed by atoms with Crippen LogP contribution in [0.1, 0.15) is 60.3 Å². The number of anilines is 1. The van der Waals surface area contributed by atoms with Crippen molar-refractivity contribution in [1.82, 2.24) is 9.80 Å². The Hall–Kier alpha value is -2.78. The van der Waals surface area contributed by atoms with Crippen LogP contribution in [0.15, 0.2) is 49.6 Å². The molecule has 1 spiro atoms. The predicted octanol–water partition coefficient (Wildman–Crippen LogP) is 4.67. The summed E-state index contributed by atoms with van der Waals surface area (Å²) in [7, 11) is 0. The molecule has 3 heterocycles. The number of hydrogen-bond donors (Lipinski definition) is 1. The fraction of sp³-hybridized carbons (Fsp3) is 0.606. The summed E-state index contributed by atoms with van der Waals surface area (Å²) in [5.74, 6) is -1.04. The lowest BCUT2D eigenvalue weighted by Gasteiger charge is -2.40. The zero-order chi connectivity index (χ0) is 30.8. The molecular weight excluding hydrogens is 550 g/mol. The number of aliphatic hydroxyl groups is 1. The average molecular weight is 598 g/mol. The standard InChI is InChI=1S/C33H47N3O5S/c1-8-12-22(5)34(19-9-2)31(40)28-33-18-17-32(7,42-33)26(27(33)30(39)36(28)23(6)21-37)29(38)35(20-10-3)24-13-15-25(16-14-24)41-11-4/h9-10,13-16,22-23,26-28,37H,2-3,8,11-12,17-21H2,1,4-7H3/t22?,23-,26+,27+,28?,32-,33?/m1/s1. The van der Waals surface area contributed by atoms with Gasteiger partial charge >= 0.3 is 0 Å².